The smallest absolute Gasteiger partial charge is 0.231 e. The van der Waals surface area contributed by atoms with Gasteiger partial charge in [-0.2, -0.15) is 0 Å². The zero-order chi connectivity index (χ0) is 30.5. The lowest BCUT2D eigenvalue weighted by Gasteiger charge is -2.26. The molecule has 2 aromatic heterocycles. The predicted octanol–water partition coefficient (Wildman–Crippen LogP) is 5.40. The molecule has 0 spiro atoms. The normalized spacial score (nSPS) is 18.9. The Balaban J connectivity index is 1.29. The van der Waals surface area contributed by atoms with Gasteiger partial charge >= 0.3 is 0 Å². The molecule has 9 nitrogen and oxygen atoms in total. The predicted molar refractivity (Wildman–Crippen MR) is 155 cm³/mol. The SMILES string of the molecule is Cc1cnc(-c2ccc(C(=O)CC[C@](C)(O)c3cc4c(c(-c5ccc(F)cc5)n3)OC[C@]4(C)C(N)=O)cc2OC2CC2)o1. The van der Waals surface area contributed by atoms with Crippen molar-refractivity contribution < 1.29 is 33.0 Å². The molecule has 1 aliphatic heterocycles. The zero-order valence-corrected chi connectivity index (χ0v) is 24.1. The fourth-order valence-electron chi connectivity index (χ4n) is 5.11. The number of aryl methyl sites for hydroxylation is 1. The molecule has 6 rings (SSSR count). The number of benzene rings is 2. The number of ketones is 1. The number of ether oxygens (including phenoxy) is 2. The van der Waals surface area contributed by atoms with Crippen molar-refractivity contribution in [3.05, 3.63) is 83.1 Å². The van der Waals surface area contributed by atoms with Crippen LogP contribution in [0.3, 0.4) is 0 Å². The third-order valence-corrected chi connectivity index (χ3v) is 8.10. The third kappa shape index (κ3) is 5.50. The van der Waals surface area contributed by atoms with E-state index in [1.54, 1.807) is 56.4 Å². The monoisotopic (exact) mass is 585 g/mol. The first-order chi connectivity index (χ1) is 20.4. The van der Waals surface area contributed by atoms with Crippen LogP contribution in [0.2, 0.25) is 0 Å². The second kappa shape index (κ2) is 10.6. The van der Waals surface area contributed by atoms with Crippen LogP contribution in [0.1, 0.15) is 66.9 Å². The largest absolute Gasteiger partial charge is 0.490 e. The summed E-state index contributed by atoms with van der Waals surface area (Å²) in [5.41, 5.74) is 5.75. The van der Waals surface area contributed by atoms with Crippen LogP contribution < -0.4 is 15.2 Å². The molecule has 0 bridgehead atoms. The van der Waals surface area contributed by atoms with Gasteiger partial charge in [-0.1, -0.05) is 6.07 Å². The lowest BCUT2D eigenvalue weighted by atomic mass is 9.81. The van der Waals surface area contributed by atoms with Gasteiger partial charge in [-0.05, 0) is 82.5 Å². The molecule has 3 heterocycles. The van der Waals surface area contributed by atoms with Crippen molar-refractivity contribution >= 4 is 11.7 Å². The van der Waals surface area contributed by atoms with Crippen molar-refractivity contribution in [2.45, 2.75) is 63.6 Å². The van der Waals surface area contributed by atoms with Gasteiger partial charge in [0.1, 0.15) is 46.4 Å². The van der Waals surface area contributed by atoms with Crippen molar-refractivity contribution in [3.8, 4) is 34.2 Å². The molecule has 1 amide bonds. The maximum absolute atomic E-state index is 13.7. The third-order valence-electron chi connectivity index (χ3n) is 8.10. The van der Waals surface area contributed by atoms with E-state index < -0.39 is 22.7 Å². The van der Waals surface area contributed by atoms with Gasteiger partial charge in [0.15, 0.2) is 5.78 Å². The maximum Gasteiger partial charge on any atom is 0.231 e. The lowest BCUT2D eigenvalue weighted by Crippen LogP contribution is -2.40. The first kappa shape index (κ1) is 28.5. The number of carbonyl (C=O) groups excluding carboxylic acids is 2. The van der Waals surface area contributed by atoms with Crippen LogP contribution in [-0.2, 0) is 15.8 Å². The number of fused-ring (bicyclic) bond motifs is 1. The Morgan fingerprint density at radius 3 is 2.58 bits per heavy atom. The van der Waals surface area contributed by atoms with Crippen molar-refractivity contribution in [1.29, 1.82) is 0 Å². The molecule has 1 saturated carbocycles. The molecule has 1 fully saturated rings. The van der Waals surface area contributed by atoms with E-state index >= 15 is 0 Å². The summed E-state index contributed by atoms with van der Waals surface area (Å²) in [5.74, 6) is 0.767. The number of carbonyl (C=O) groups is 2. The molecule has 222 valence electrons. The average molecular weight is 586 g/mol. The number of halogens is 1. The number of Topliss-reactive ketones (excluding diaryl/α,β-unsaturated/α-hetero) is 1. The number of pyridine rings is 1. The summed E-state index contributed by atoms with van der Waals surface area (Å²) in [6, 6.07) is 12.5. The summed E-state index contributed by atoms with van der Waals surface area (Å²) in [4.78, 5) is 34.9. The summed E-state index contributed by atoms with van der Waals surface area (Å²) in [5, 5.41) is 11.6. The first-order valence-corrected chi connectivity index (χ1v) is 14.2. The Kier molecular flexibility index (Phi) is 7.04. The molecule has 0 radical (unpaired) electrons. The van der Waals surface area contributed by atoms with E-state index in [4.69, 9.17) is 24.6 Å². The highest BCUT2D eigenvalue weighted by atomic mass is 19.1. The number of nitrogens with zero attached hydrogens (tertiary/aromatic N) is 2. The molecule has 0 saturated heterocycles. The van der Waals surface area contributed by atoms with E-state index in [2.05, 4.69) is 4.98 Å². The van der Waals surface area contributed by atoms with Crippen molar-refractivity contribution in [2.24, 2.45) is 5.73 Å². The van der Waals surface area contributed by atoms with Gasteiger partial charge < -0.3 is 24.7 Å². The summed E-state index contributed by atoms with van der Waals surface area (Å²) in [7, 11) is 0. The number of oxazole rings is 1. The number of aliphatic hydroxyl groups is 1. The Labute approximate surface area is 247 Å². The highest BCUT2D eigenvalue weighted by Gasteiger charge is 2.45. The summed E-state index contributed by atoms with van der Waals surface area (Å²) >= 11 is 0. The fourth-order valence-corrected chi connectivity index (χ4v) is 5.11. The second-order valence-corrected chi connectivity index (χ2v) is 11.7. The van der Waals surface area contributed by atoms with E-state index in [9.17, 15) is 19.1 Å². The molecular formula is C33H32FN3O6. The van der Waals surface area contributed by atoms with Crippen LogP contribution in [0.5, 0.6) is 11.5 Å². The van der Waals surface area contributed by atoms with Crippen LogP contribution in [-0.4, -0.2) is 39.5 Å². The molecule has 2 aliphatic rings. The van der Waals surface area contributed by atoms with Crippen LogP contribution >= 0.6 is 0 Å². The fraction of sp³-hybridized carbons (Fsp3) is 0.333. The zero-order valence-electron chi connectivity index (χ0n) is 24.1. The average Bonchev–Trinajstić information content (AvgIpc) is 3.58. The molecule has 2 aromatic carbocycles. The molecular weight excluding hydrogens is 553 g/mol. The molecule has 0 unspecified atom stereocenters. The van der Waals surface area contributed by atoms with Crippen molar-refractivity contribution in [2.75, 3.05) is 6.61 Å². The number of rotatable bonds is 10. The van der Waals surface area contributed by atoms with Gasteiger partial charge in [-0.25, -0.2) is 14.4 Å². The molecule has 1 aliphatic carbocycles. The molecule has 4 aromatic rings. The van der Waals surface area contributed by atoms with Gasteiger partial charge in [-0.3, -0.25) is 9.59 Å². The van der Waals surface area contributed by atoms with Crippen LogP contribution in [0, 0.1) is 12.7 Å². The summed E-state index contributed by atoms with van der Waals surface area (Å²) < 4.78 is 31.3. The molecule has 10 heteroatoms. The Hall–Kier alpha value is -4.57. The molecule has 2 atom stereocenters. The van der Waals surface area contributed by atoms with E-state index in [0.29, 0.717) is 51.1 Å². The second-order valence-electron chi connectivity index (χ2n) is 11.7. The minimum absolute atomic E-state index is 0.00155. The highest BCUT2D eigenvalue weighted by molar-refractivity contribution is 5.97. The van der Waals surface area contributed by atoms with E-state index in [-0.39, 0.29) is 37.0 Å². The van der Waals surface area contributed by atoms with E-state index in [1.807, 2.05) is 6.92 Å². The minimum Gasteiger partial charge on any atom is -0.490 e. The highest BCUT2D eigenvalue weighted by Crippen LogP contribution is 2.46. The lowest BCUT2D eigenvalue weighted by molar-refractivity contribution is -0.123. The Morgan fingerprint density at radius 2 is 1.93 bits per heavy atom. The van der Waals surface area contributed by atoms with Crippen LogP contribution in [0.25, 0.3) is 22.7 Å². The Morgan fingerprint density at radius 1 is 1.19 bits per heavy atom. The van der Waals surface area contributed by atoms with E-state index in [1.165, 1.54) is 12.1 Å². The van der Waals surface area contributed by atoms with E-state index in [0.717, 1.165) is 12.8 Å². The number of aromatic nitrogens is 2. The van der Waals surface area contributed by atoms with Gasteiger partial charge in [0.25, 0.3) is 0 Å². The number of primary amides is 1. The minimum atomic E-state index is -1.57. The van der Waals surface area contributed by atoms with Gasteiger partial charge in [-0.15, -0.1) is 0 Å². The van der Waals surface area contributed by atoms with Crippen LogP contribution in [0.4, 0.5) is 4.39 Å². The number of hydrogen-bond donors (Lipinski definition) is 2. The molecule has 43 heavy (non-hydrogen) atoms. The number of nitrogens with two attached hydrogens (primary N) is 1. The van der Waals surface area contributed by atoms with Crippen LogP contribution in [0.15, 0.2) is 59.1 Å². The topological polar surface area (TPSA) is 138 Å². The standard InChI is InChI=1S/C33H32FN3O6/c1-18-16-36-30(42-18)23-11-6-20(14-26(23)43-22-9-10-22)25(38)12-13-33(3,40)27-15-24-29(41-17-32(24,2)31(35)39)28(37-27)19-4-7-21(34)8-5-19/h4-8,11,14-16,22,40H,9-10,12-13,17H2,1-3H3,(H2,35,39)/t32-,33-/m0/s1. The molecule has 3 N–H and O–H groups in total. The maximum atomic E-state index is 13.7. The van der Waals surface area contributed by atoms with Crippen molar-refractivity contribution in [1.82, 2.24) is 9.97 Å². The summed E-state index contributed by atoms with van der Waals surface area (Å²) in [6.07, 6.45) is 3.65. The summed E-state index contributed by atoms with van der Waals surface area (Å²) in [6.45, 7) is 5.05. The quantitative estimate of drug-likeness (QED) is 0.236. The van der Waals surface area contributed by atoms with Gasteiger partial charge in [0.05, 0.1) is 23.6 Å². The number of amides is 1. The first-order valence-electron chi connectivity index (χ1n) is 14.2. The Bertz CT molecular complexity index is 1730. The van der Waals surface area contributed by atoms with Gasteiger partial charge in [0, 0.05) is 23.1 Å². The number of hydrogen-bond acceptors (Lipinski definition) is 8. The van der Waals surface area contributed by atoms with Gasteiger partial charge in [0.2, 0.25) is 11.8 Å². The van der Waals surface area contributed by atoms with Crippen molar-refractivity contribution in [3.63, 3.8) is 0 Å².